The first-order valence-electron chi connectivity index (χ1n) is 9.19. The Morgan fingerprint density at radius 1 is 1.35 bits per heavy atom. The summed E-state index contributed by atoms with van der Waals surface area (Å²) in [4.78, 5) is 13.9. The molecule has 4 unspecified atom stereocenters. The van der Waals surface area contributed by atoms with Gasteiger partial charge in [-0.25, -0.2) is 4.79 Å². The van der Waals surface area contributed by atoms with Crippen LogP contribution >= 0.6 is 0 Å². The zero-order valence-electron chi connectivity index (χ0n) is 15.5. The number of nitrogens with one attached hydrogen (secondary N) is 1. The number of allylic oxidation sites excluding steroid dienone is 2. The third-order valence-corrected chi connectivity index (χ3v) is 5.08. The van der Waals surface area contributed by atoms with Crippen molar-refractivity contribution in [2.75, 3.05) is 19.6 Å². The third kappa shape index (κ3) is 5.23. The van der Waals surface area contributed by atoms with Crippen molar-refractivity contribution in [3.8, 4) is 0 Å². The summed E-state index contributed by atoms with van der Waals surface area (Å²) in [7, 11) is 0. The molecule has 1 amide bonds. The van der Waals surface area contributed by atoms with Gasteiger partial charge in [0.15, 0.2) is 0 Å². The van der Waals surface area contributed by atoms with Crippen molar-refractivity contribution in [1.82, 2.24) is 10.2 Å². The molecule has 4 heteroatoms. The Morgan fingerprint density at radius 2 is 2.09 bits per heavy atom. The average molecular weight is 322 g/mol. The highest BCUT2D eigenvalue weighted by Crippen LogP contribution is 2.44. The number of hydrogen-bond donors (Lipinski definition) is 1. The second-order valence-corrected chi connectivity index (χ2v) is 8.10. The summed E-state index contributed by atoms with van der Waals surface area (Å²) in [5.41, 5.74) is -0.424. The van der Waals surface area contributed by atoms with E-state index in [1.165, 1.54) is 12.8 Å². The van der Waals surface area contributed by atoms with Crippen molar-refractivity contribution in [2.24, 2.45) is 17.8 Å². The molecule has 0 aromatic heterocycles. The highest BCUT2D eigenvalue weighted by atomic mass is 16.6. The summed E-state index contributed by atoms with van der Waals surface area (Å²) in [5.74, 6) is 2.41. The molecule has 2 aliphatic carbocycles. The molecular formula is C19H34N2O2. The maximum atomic E-state index is 12.1. The van der Waals surface area contributed by atoms with Crippen molar-refractivity contribution in [2.45, 2.75) is 65.5 Å². The van der Waals surface area contributed by atoms with Crippen LogP contribution in [-0.4, -0.2) is 42.3 Å². The first kappa shape index (κ1) is 18.3. The van der Waals surface area contributed by atoms with Gasteiger partial charge in [-0.3, -0.25) is 0 Å². The molecule has 23 heavy (non-hydrogen) atoms. The van der Waals surface area contributed by atoms with Crippen LogP contribution < -0.4 is 5.32 Å². The minimum Gasteiger partial charge on any atom is -0.444 e. The topological polar surface area (TPSA) is 41.6 Å². The molecule has 0 aliphatic heterocycles. The highest BCUT2D eigenvalue weighted by Gasteiger charge is 2.38. The lowest BCUT2D eigenvalue weighted by Gasteiger charge is -2.28. The van der Waals surface area contributed by atoms with E-state index in [0.29, 0.717) is 12.6 Å². The second-order valence-electron chi connectivity index (χ2n) is 8.10. The summed E-state index contributed by atoms with van der Waals surface area (Å²) in [6.07, 6.45) is 8.28. The molecule has 132 valence electrons. The Morgan fingerprint density at radius 3 is 2.61 bits per heavy atom. The standard InChI is InChI=1S/C19H34N2O2/c1-6-21(18(22)23-19(3,4)5)11-7-10-20-14(2)17-13-15-8-9-16(17)12-15/h8-9,14-17,20H,6-7,10-13H2,1-5H3. The van der Waals surface area contributed by atoms with Crippen molar-refractivity contribution in [1.29, 1.82) is 0 Å². The molecule has 1 N–H and O–H groups in total. The van der Waals surface area contributed by atoms with Crippen molar-refractivity contribution in [3.05, 3.63) is 12.2 Å². The Kier molecular flexibility index (Phi) is 6.12. The van der Waals surface area contributed by atoms with E-state index in [2.05, 4.69) is 24.4 Å². The predicted molar refractivity (Wildman–Crippen MR) is 94.4 cm³/mol. The van der Waals surface area contributed by atoms with Gasteiger partial charge in [0.05, 0.1) is 0 Å². The number of carbonyl (C=O) groups excluding carboxylic acids is 1. The Bertz CT molecular complexity index is 428. The van der Waals surface area contributed by atoms with Gasteiger partial charge in [-0.05, 0) is 78.2 Å². The molecule has 0 aromatic carbocycles. The number of ether oxygens (including phenoxy) is 1. The van der Waals surface area contributed by atoms with Crippen LogP contribution in [0.2, 0.25) is 0 Å². The summed E-state index contributed by atoms with van der Waals surface area (Å²) in [6.45, 7) is 12.4. The van der Waals surface area contributed by atoms with Crippen molar-refractivity contribution >= 4 is 6.09 Å². The Labute approximate surface area is 141 Å². The molecule has 0 aromatic rings. The number of carbonyl (C=O) groups is 1. The monoisotopic (exact) mass is 322 g/mol. The van der Waals surface area contributed by atoms with Crippen LogP contribution in [0.1, 0.15) is 53.9 Å². The molecule has 1 saturated carbocycles. The van der Waals surface area contributed by atoms with Gasteiger partial charge in [0.1, 0.15) is 5.60 Å². The van der Waals surface area contributed by atoms with Gasteiger partial charge < -0.3 is 15.0 Å². The first-order valence-corrected chi connectivity index (χ1v) is 9.19. The van der Waals surface area contributed by atoms with Crippen LogP contribution in [0.3, 0.4) is 0 Å². The van der Waals surface area contributed by atoms with Gasteiger partial charge in [0, 0.05) is 19.1 Å². The molecule has 1 fully saturated rings. The van der Waals surface area contributed by atoms with Crippen LogP contribution in [-0.2, 0) is 4.74 Å². The first-order chi connectivity index (χ1) is 10.8. The number of amides is 1. The minimum atomic E-state index is -0.424. The third-order valence-electron chi connectivity index (χ3n) is 5.08. The molecule has 0 spiro atoms. The zero-order valence-corrected chi connectivity index (χ0v) is 15.5. The Balaban J connectivity index is 1.65. The molecule has 2 bridgehead atoms. The fourth-order valence-corrected chi connectivity index (χ4v) is 3.85. The van der Waals surface area contributed by atoms with Crippen LogP contribution in [0.5, 0.6) is 0 Å². The van der Waals surface area contributed by atoms with Crippen LogP contribution in [0.4, 0.5) is 4.79 Å². The predicted octanol–water partition coefficient (Wildman–Crippen LogP) is 3.82. The molecule has 4 atom stereocenters. The molecule has 2 rings (SSSR count). The zero-order chi connectivity index (χ0) is 17.0. The summed E-state index contributed by atoms with van der Waals surface area (Å²) in [6, 6.07) is 0.562. The average Bonchev–Trinajstić information content (AvgIpc) is 3.07. The van der Waals surface area contributed by atoms with E-state index in [0.717, 1.165) is 37.3 Å². The van der Waals surface area contributed by atoms with E-state index in [4.69, 9.17) is 4.74 Å². The van der Waals surface area contributed by atoms with Gasteiger partial charge in [-0.15, -0.1) is 0 Å². The van der Waals surface area contributed by atoms with Gasteiger partial charge in [-0.1, -0.05) is 12.2 Å². The van der Waals surface area contributed by atoms with Gasteiger partial charge in [0.2, 0.25) is 0 Å². The van der Waals surface area contributed by atoms with E-state index in [1.807, 2.05) is 27.7 Å². The van der Waals surface area contributed by atoms with Gasteiger partial charge in [-0.2, -0.15) is 0 Å². The number of nitrogens with zero attached hydrogens (tertiary/aromatic N) is 1. The molecule has 0 radical (unpaired) electrons. The maximum absolute atomic E-state index is 12.1. The Hall–Kier alpha value is -1.03. The lowest BCUT2D eigenvalue weighted by Crippen LogP contribution is -2.40. The maximum Gasteiger partial charge on any atom is 0.410 e. The largest absolute Gasteiger partial charge is 0.444 e. The van der Waals surface area contributed by atoms with E-state index >= 15 is 0 Å². The fourth-order valence-electron chi connectivity index (χ4n) is 3.85. The van der Waals surface area contributed by atoms with Gasteiger partial charge >= 0.3 is 6.09 Å². The summed E-state index contributed by atoms with van der Waals surface area (Å²) < 4.78 is 5.44. The fraction of sp³-hybridized carbons (Fsp3) is 0.842. The number of fused-ring (bicyclic) bond motifs is 2. The van der Waals surface area contributed by atoms with E-state index in [-0.39, 0.29) is 6.09 Å². The van der Waals surface area contributed by atoms with Crippen LogP contribution in [0, 0.1) is 17.8 Å². The SMILES string of the molecule is CCN(CCCNC(C)C1CC2C=CC1C2)C(=O)OC(C)(C)C. The van der Waals surface area contributed by atoms with Crippen molar-refractivity contribution < 1.29 is 9.53 Å². The summed E-state index contributed by atoms with van der Waals surface area (Å²) in [5, 5.41) is 3.66. The lowest BCUT2D eigenvalue weighted by atomic mass is 9.87. The van der Waals surface area contributed by atoms with E-state index < -0.39 is 5.60 Å². The van der Waals surface area contributed by atoms with Gasteiger partial charge in [0.25, 0.3) is 0 Å². The molecule has 0 saturated heterocycles. The minimum absolute atomic E-state index is 0.203. The summed E-state index contributed by atoms with van der Waals surface area (Å²) >= 11 is 0. The van der Waals surface area contributed by atoms with E-state index in [9.17, 15) is 4.79 Å². The normalized spacial score (nSPS) is 27.3. The number of hydrogen-bond acceptors (Lipinski definition) is 3. The molecular weight excluding hydrogens is 288 g/mol. The molecule has 0 heterocycles. The number of rotatable bonds is 7. The van der Waals surface area contributed by atoms with Crippen LogP contribution in [0.25, 0.3) is 0 Å². The molecule has 2 aliphatic rings. The smallest absolute Gasteiger partial charge is 0.410 e. The van der Waals surface area contributed by atoms with Crippen molar-refractivity contribution in [3.63, 3.8) is 0 Å². The quantitative estimate of drug-likeness (QED) is 0.572. The highest BCUT2D eigenvalue weighted by molar-refractivity contribution is 5.68. The lowest BCUT2D eigenvalue weighted by molar-refractivity contribution is 0.0258. The van der Waals surface area contributed by atoms with Crippen LogP contribution in [0.15, 0.2) is 12.2 Å². The van der Waals surface area contributed by atoms with E-state index in [1.54, 1.807) is 4.90 Å². The second kappa shape index (κ2) is 7.69. The molecule has 4 nitrogen and oxygen atoms in total.